The standard InChI is InChI=1S/C21H38O3/c1-6-10-11-17(7-2)12-16(5)14-20(8-3)15-21(9-4)18(23-20)13-19(22)24-21/h16-18H,6-15H2,1-5H3/t16-,17-,18+,20+,21+/m0/s1. The number of esters is 1. The number of hydrogen-bond donors (Lipinski definition) is 0. The Labute approximate surface area is 148 Å². The summed E-state index contributed by atoms with van der Waals surface area (Å²) in [4.78, 5) is 11.7. The third kappa shape index (κ3) is 4.15. The molecular weight excluding hydrogens is 300 g/mol. The second-order valence-electron chi connectivity index (χ2n) is 8.38. The van der Waals surface area contributed by atoms with Crippen molar-refractivity contribution in [1.29, 1.82) is 0 Å². The van der Waals surface area contributed by atoms with Gasteiger partial charge in [0.2, 0.25) is 0 Å². The molecule has 0 N–H and O–H groups in total. The van der Waals surface area contributed by atoms with E-state index >= 15 is 0 Å². The molecule has 0 aromatic rings. The summed E-state index contributed by atoms with van der Waals surface area (Å²) < 4.78 is 12.3. The number of rotatable bonds is 10. The van der Waals surface area contributed by atoms with E-state index in [1.165, 1.54) is 32.1 Å². The fourth-order valence-electron chi connectivity index (χ4n) is 5.03. The zero-order chi connectivity index (χ0) is 17.8. The number of hydrogen-bond acceptors (Lipinski definition) is 3. The fraction of sp³-hybridized carbons (Fsp3) is 0.952. The normalized spacial score (nSPS) is 34.9. The molecule has 2 aliphatic heterocycles. The molecule has 0 bridgehead atoms. The third-order valence-electron chi connectivity index (χ3n) is 6.51. The van der Waals surface area contributed by atoms with Crippen molar-refractivity contribution < 1.29 is 14.3 Å². The predicted molar refractivity (Wildman–Crippen MR) is 97.9 cm³/mol. The number of carbonyl (C=O) groups is 1. The van der Waals surface area contributed by atoms with Gasteiger partial charge in [-0.1, -0.05) is 60.3 Å². The van der Waals surface area contributed by atoms with Gasteiger partial charge in [-0.15, -0.1) is 0 Å². The molecular formula is C21H38O3. The van der Waals surface area contributed by atoms with E-state index in [1.54, 1.807) is 0 Å². The first kappa shape index (κ1) is 19.8. The number of carbonyl (C=O) groups excluding carboxylic acids is 1. The van der Waals surface area contributed by atoms with Crippen LogP contribution in [0.3, 0.4) is 0 Å². The van der Waals surface area contributed by atoms with Gasteiger partial charge in [0.25, 0.3) is 0 Å². The van der Waals surface area contributed by atoms with Crippen molar-refractivity contribution in [1.82, 2.24) is 0 Å². The van der Waals surface area contributed by atoms with Crippen LogP contribution >= 0.6 is 0 Å². The molecule has 3 heteroatoms. The SMILES string of the molecule is CCCC[C@H](CC)C[C@H](C)C[C@]1(CC)C[C@@]2(CC)OC(=O)C[C@H]2O1. The van der Waals surface area contributed by atoms with Crippen molar-refractivity contribution in [3.05, 3.63) is 0 Å². The summed E-state index contributed by atoms with van der Waals surface area (Å²) in [6.45, 7) is 11.3. The Morgan fingerprint density at radius 1 is 1.21 bits per heavy atom. The molecule has 2 saturated heterocycles. The smallest absolute Gasteiger partial charge is 0.309 e. The molecule has 5 atom stereocenters. The summed E-state index contributed by atoms with van der Waals surface area (Å²) in [5.41, 5.74) is -0.441. The van der Waals surface area contributed by atoms with E-state index in [1.807, 2.05) is 0 Å². The summed E-state index contributed by atoms with van der Waals surface area (Å²) in [6.07, 6.45) is 10.9. The highest BCUT2D eigenvalue weighted by atomic mass is 16.6. The zero-order valence-corrected chi connectivity index (χ0v) is 16.5. The highest BCUT2D eigenvalue weighted by Gasteiger charge is 2.60. The Morgan fingerprint density at radius 2 is 1.96 bits per heavy atom. The van der Waals surface area contributed by atoms with Crippen LogP contribution in [0.25, 0.3) is 0 Å². The Kier molecular flexibility index (Phi) is 6.75. The monoisotopic (exact) mass is 338 g/mol. The highest BCUT2D eigenvalue weighted by Crippen LogP contribution is 2.51. The molecule has 2 heterocycles. The molecule has 0 aromatic carbocycles. The number of unbranched alkanes of at least 4 members (excludes halogenated alkanes) is 1. The van der Waals surface area contributed by atoms with Gasteiger partial charge in [-0.3, -0.25) is 4.79 Å². The molecule has 0 spiro atoms. The molecule has 2 fully saturated rings. The molecule has 24 heavy (non-hydrogen) atoms. The van der Waals surface area contributed by atoms with Gasteiger partial charge >= 0.3 is 5.97 Å². The van der Waals surface area contributed by atoms with Crippen molar-refractivity contribution >= 4 is 5.97 Å². The van der Waals surface area contributed by atoms with Gasteiger partial charge < -0.3 is 9.47 Å². The maximum Gasteiger partial charge on any atom is 0.309 e. The fourth-order valence-corrected chi connectivity index (χ4v) is 5.03. The van der Waals surface area contributed by atoms with E-state index in [0.717, 1.165) is 31.6 Å². The molecule has 0 amide bonds. The Balaban J connectivity index is 1.98. The van der Waals surface area contributed by atoms with Crippen LogP contribution in [0.5, 0.6) is 0 Å². The minimum atomic E-state index is -0.348. The van der Waals surface area contributed by atoms with Crippen LogP contribution in [0.4, 0.5) is 0 Å². The lowest BCUT2D eigenvalue weighted by Crippen LogP contribution is -2.36. The van der Waals surface area contributed by atoms with Crippen molar-refractivity contribution in [2.75, 3.05) is 0 Å². The second-order valence-corrected chi connectivity index (χ2v) is 8.38. The van der Waals surface area contributed by atoms with Gasteiger partial charge in [0.15, 0.2) is 0 Å². The predicted octanol–water partition coefficient (Wildman–Crippen LogP) is 5.65. The van der Waals surface area contributed by atoms with Crippen LogP contribution in [0.15, 0.2) is 0 Å². The first-order chi connectivity index (χ1) is 11.4. The summed E-state index contributed by atoms with van der Waals surface area (Å²) in [5.74, 6) is 1.42. The first-order valence-electron chi connectivity index (χ1n) is 10.3. The lowest BCUT2D eigenvalue weighted by molar-refractivity contribution is -0.149. The largest absolute Gasteiger partial charge is 0.456 e. The van der Waals surface area contributed by atoms with Gasteiger partial charge in [0.1, 0.15) is 11.7 Å². The molecule has 0 radical (unpaired) electrons. The maximum absolute atomic E-state index is 11.7. The van der Waals surface area contributed by atoms with Crippen molar-refractivity contribution in [2.24, 2.45) is 11.8 Å². The molecule has 0 aromatic heterocycles. The number of ether oxygens (including phenoxy) is 2. The van der Waals surface area contributed by atoms with Crippen LogP contribution in [0.2, 0.25) is 0 Å². The number of fused-ring (bicyclic) bond motifs is 1. The summed E-state index contributed by atoms with van der Waals surface area (Å²) in [6, 6.07) is 0. The van der Waals surface area contributed by atoms with Gasteiger partial charge in [-0.25, -0.2) is 0 Å². The van der Waals surface area contributed by atoms with Crippen LogP contribution in [0.1, 0.15) is 98.8 Å². The average molecular weight is 339 g/mol. The Bertz CT molecular complexity index is 421. The quantitative estimate of drug-likeness (QED) is 0.483. The lowest BCUT2D eigenvalue weighted by atomic mass is 9.77. The molecule has 0 unspecified atom stereocenters. The van der Waals surface area contributed by atoms with Gasteiger partial charge in [-0.05, 0) is 37.5 Å². The van der Waals surface area contributed by atoms with Crippen LogP contribution in [0, 0.1) is 11.8 Å². The summed E-state index contributed by atoms with van der Waals surface area (Å²) in [7, 11) is 0. The van der Waals surface area contributed by atoms with Crippen molar-refractivity contribution in [3.8, 4) is 0 Å². The molecule has 0 aliphatic carbocycles. The van der Waals surface area contributed by atoms with Gasteiger partial charge in [0, 0.05) is 6.42 Å². The minimum Gasteiger partial charge on any atom is -0.456 e. The first-order valence-corrected chi connectivity index (χ1v) is 10.3. The van der Waals surface area contributed by atoms with Crippen molar-refractivity contribution in [3.63, 3.8) is 0 Å². The Hall–Kier alpha value is -0.570. The van der Waals surface area contributed by atoms with E-state index in [2.05, 4.69) is 34.6 Å². The summed E-state index contributed by atoms with van der Waals surface area (Å²) in [5, 5.41) is 0. The van der Waals surface area contributed by atoms with E-state index in [-0.39, 0.29) is 23.3 Å². The van der Waals surface area contributed by atoms with Crippen LogP contribution in [-0.4, -0.2) is 23.3 Å². The third-order valence-corrected chi connectivity index (χ3v) is 6.51. The molecule has 2 aliphatic rings. The lowest BCUT2D eigenvalue weighted by Gasteiger charge is -2.33. The molecule has 140 valence electrons. The highest BCUT2D eigenvalue weighted by molar-refractivity contribution is 5.73. The van der Waals surface area contributed by atoms with Crippen molar-refractivity contribution in [2.45, 2.75) is 116 Å². The van der Waals surface area contributed by atoms with Crippen LogP contribution in [-0.2, 0) is 14.3 Å². The topological polar surface area (TPSA) is 35.5 Å². The average Bonchev–Trinajstić information content (AvgIpc) is 3.01. The minimum absolute atomic E-state index is 0.0239. The second kappa shape index (κ2) is 8.21. The maximum atomic E-state index is 11.7. The van der Waals surface area contributed by atoms with E-state index in [4.69, 9.17) is 9.47 Å². The van der Waals surface area contributed by atoms with E-state index in [0.29, 0.717) is 12.3 Å². The van der Waals surface area contributed by atoms with Gasteiger partial charge in [-0.2, -0.15) is 0 Å². The van der Waals surface area contributed by atoms with Crippen LogP contribution < -0.4 is 0 Å². The molecule has 0 saturated carbocycles. The van der Waals surface area contributed by atoms with Gasteiger partial charge in [0.05, 0.1) is 12.0 Å². The molecule has 2 rings (SSSR count). The molecule has 3 nitrogen and oxygen atoms in total. The van der Waals surface area contributed by atoms with E-state index in [9.17, 15) is 4.79 Å². The summed E-state index contributed by atoms with van der Waals surface area (Å²) >= 11 is 0. The zero-order valence-electron chi connectivity index (χ0n) is 16.5. The van der Waals surface area contributed by atoms with E-state index < -0.39 is 0 Å². The Morgan fingerprint density at radius 3 is 2.50 bits per heavy atom.